The van der Waals surface area contributed by atoms with E-state index < -0.39 is 28.6 Å². The smallest absolute Gasteiger partial charge is 0.369 e. The van der Waals surface area contributed by atoms with Crippen LogP contribution in [0.15, 0.2) is 93.6 Å². The number of carbonyl (C=O) groups is 1. The van der Waals surface area contributed by atoms with Gasteiger partial charge in [0.25, 0.3) is 0 Å². The van der Waals surface area contributed by atoms with Crippen LogP contribution in [-0.4, -0.2) is 39.4 Å². The lowest BCUT2D eigenvalue weighted by Gasteiger charge is -2.71. The minimum Gasteiger partial charge on any atom is -0.497 e. The normalized spacial score (nSPS) is 34.7. The van der Waals surface area contributed by atoms with Gasteiger partial charge in [0.1, 0.15) is 11.9 Å². The molecule has 286 valence electrons. The van der Waals surface area contributed by atoms with Gasteiger partial charge >= 0.3 is 17.3 Å². The van der Waals surface area contributed by atoms with Gasteiger partial charge in [0.15, 0.2) is 0 Å². The molecule has 4 aliphatic carbocycles. The van der Waals surface area contributed by atoms with Crippen molar-refractivity contribution in [2.75, 3.05) is 7.11 Å². The topological polar surface area (TPSA) is 96.8 Å². The van der Waals surface area contributed by atoms with E-state index >= 15 is 4.79 Å². The molecular formula is C45H56N4O5. The quantitative estimate of drug-likeness (QED) is 0.126. The summed E-state index contributed by atoms with van der Waals surface area (Å²) in [5.74, 6) is 2.59. The van der Waals surface area contributed by atoms with Crippen molar-refractivity contribution in [3.05, 3.63) is 111 Å². The zero-order chi connectivity index (χ0) is 38.2. The van der Waals surface area contributed by atoms with Crippen LogP contribution >= 0.6 is 0 Å². The van der Waals surface area contributed by atoms with Gasteiger partial charge in [-0.3, -0.25) is 0 Å². The molecule has 9 nitrogen and oxygen atoms in total. The lowest BCUT2D eigenvalue weighted by Crippen LogP contribution is -2.76. The van der Waals surface area contributed by atoms with Crippen LogP contribution in [0.25, 0.3) is 0 Å². The van der Waals surface area contributed by atoms with E-state index in [4.69, 9.17) is 9.47 Å². The summed E-state index contributed by atoms with van der Waals surface area (Å²) >= 11 is 0. The van der Waals surface area contributed by atoms with Gasteiger partial charge < -0.3 is 9.47 Å². The van der Waals surface area contributed by atoms with E-state index in [1.807, 2.05) is 47.1 Å². The molecule has 0 amide bonds. The molecule has 1 aromatic heterocycles. The average Bonchev–Trinajstić information content (AvgIpc) is 3.67. The van der Waals surface area contributed by atoms with Crippen molar-refractivity contribution in [1.82, 2.24) is 14.0 Å². The number of rotatable bonds is 9. The highest BCUT2D eigenvalue weighted by atomic mass is 16.5. The third kappa shape index (κ3) is 5.16. The van der Waals surface area contributed by atoms with Crippen LogP contribution in [-0.2, 0) is 15.8 Å². The molecule has 6 aliphatic rings. The fourth-order valence-corrected chi connectivity index (χ4v) is 12.0. The van der Waals surface area contributed by atoms with Gasteiger partial charge in [-0.05, 0) is 121 Å². The Bertz CT molecular complexity index is 2130. The highest BCUT2D eigenvalue weighted by Crippen LogP contribution is 2.74. The molecule has 3 saturated carbocycles. The van der Waals surface area contributed by atoms with E-state index in [9.17, 15) is 9.59 Å². The van der Waals surface area contributed by atoms with E-state index in [2.05, 4.69) is 70.9 Å². The van der Waals surface area contributed by atoms with Crippen molar-refractivity contribution in [2.45, 2.75) is 104 Å². The van der Waals surface area contributed by atoms with E-state index in [1.165, 1.54) is 0 Å². The predicted molar refractivity (Wildman–Crippen MR) is 211 cm³/mol. The monoisotopic (exact) mass is 732 g/mol. The van der Waals surface area contributed by atoms with Crippen molar-refractivity contribution >= 4 is 12.2 Å². The highest BCUT2D eigenvalue weighted by Gasteiger charge is 2.75. The minimum absolute atomic E-state index is 0.0312. The maximum atomic E-state index is 15.0. The standard InChI is InChI=1S/C45H56N4O5/c1-29(2)30(3)13-14-31(4)36-19-20-37-42(36,5)23-22-38-43(6)24-21-35(54-39(50)33-11-9-8-10-12-33)27-44(43)25-26-45(37,38)49-41(52)47(40(51)48(44)49)46-28-32-15-17-34(53-7)18-16-32/h8-18,25-26,28-31,35-38H,19-24,27H2,1-7H3/b14-13?,46-28+/t30-,31+,35-,36+,37+,38+,42+,43+,44+,45-/m0/s1. The second kappa shape index (κ2) is 13.1. The first-order valence-corrected chi connectivity index (χ1v) is 20.1. The van der Waals surface area contributed by atoms with Crippen molar-refractivity contribution in [1.29, 1.82) is 0 Å². The van der Waals surface area contributed by atoms with E-state index in [0.717, 1.165) is 42.3 Å². The fraction of sp³-hybridized carbons (Fsp3) is 0.556. The summed E-state index contributed by atoms with van der Waals surface area (Å²) in [7, 11) is 1.61. The zero-order valence-electron chi connectivity index (χ0n) is 32.9. The molecule has 10 atom stereocenters. The number of methoxy groups -OCH3 is 1. The SMILES string of the molecule is COc1ccc(/C=N/n2c(=O)n3n(c2=O)[C@@]24C=C[C@@]35[C@@H]3CC[C@H]([C@H](C)C=C[C@H](C)C(C)C)[C@@]3(C)CC[C@@H]5[C@@]2(C)CC[C@H](OC(=O)c2ccccc2)C4)cc1. The summed E-state index contributed by atoms with van der Waals surface area (Å²) in [4.78, 5) is 43.3. The third-order valence-corrected chi connectivity index (χ3v) is 15.2. The third-order valence-electron chi connectivity index (χ3n) is 15.2. The lowest BCUT2D eigenvalue weighted by atomic mass is 9.40. The summed E-state index contributed by atoms with van der Waals surface area (Å²) in [6, 6.07) is 16.4. The molecule has 0 radical (unpaired) electrons. The van der Waals surface area contributed by atoms with E-state index in [1.54, 1.807) is 30.1 Å². The number of esters is 1. The molecule has 3 fully saturated rings. The second-order valence-electron chi connectivity index (χ2n) is 17.9. The molecule has 3 heterocycles. The Morgan fingerprint density at radius 3 is 2.28 bits per heavy atom. The Kier molecular flexibility index (Phi) is 8.89. The van der Waals surface area contributed by atoms with Gasteiger partial charge in [-0.25, -0.2) is 23.7 Å². The molecular weight excluding hydrogens is 677 g/mol. The molecule has 0 saturated heterocycles. The van der Waals surface area contributed by atoms with Gasteiger partial charge in [-0.2, -0.15) is 5.10 Å². The second-order valence-corrected chi connectivity index (χ2v) is 17.9. The van der Waals surface area contributed by atoms with Gasteiger partial charge in [0, 0.05) is 11.8 Å². The lowest BCUT2D eigenvalue weighted by molar-refractivity contribution is -0.199. The van der Waals surface area contributed by atoms with Crippen molar-refractivity contribution in [3.63, 3.8) is 0 Å². The summed E-state index contributed by atoms with van der Waals surface area (Å²) in [5, 5.41) is 4.59. The molecule has 2 bridgehead atoms. The maximum absolute atomic E-state index is 15.0. The number of benzene rings is 2. The highest BCUT2D eigenvalue weighted by molar-refractivity contribution is 5.89. The Balaban J connectivity index is 1.25. The Morgan fingerprint density at radius 2 is 1.57 bits per heavy atom. The average molecular weight is 733 g/mol. The Labute approximate surface area is 318 Å². The van der Waals surface area contributed by atoms with Crippen LogP contribution in [0.4, 0.5) is 0 Å². The molecule has 3 aromatic rings. The Hall–Kier alpha value is -4.40. The first kappa shape index (κ1) is 36.6. The van der Waals surface area contributed by atoms with E-state index in [-0.39, 0.29) is 28.6 Å². The van der Waals surface area contributed by atoms with Crippen LogP contribution in [0.3, 0.4) is 0 Å². The number of ether oxygens (including phenoxy) is 2. The molecule has 2 spiro atoms. The minimum atomic E-state index is -0.870. The number of fused-ring (bicyclic) bond motifs is 1. The number of nitrogens with zero attached hydrogens (tertiary/aromatic N) is 4. The molecule has 2 aromatic carbocycles. The number of allylic oxidation sites excluding steroid dienone is 4. The summed E-state index contributed by atoms with van der Waals surface area (Å²) in [5.41, 5.74) is -1.54. The molecule has 0 N–H and O–H groups in total. The van der Waals surface area contributed by atoms with Crippen molar-refractivity contribution in [3.8, 4) is 5.75 Å². The van der Waals surface area contributed by atoms with Crippen LogP contribution in [0.5, 0.6) is 5.75 Å². The molecule has 2 aliphatic heterocycles. The van der Waals surface area contributed by atoms with Crippen LogP contribution < -0.4 is 16.1 Å². The van der Waals surface area contributed by atoms with E-state index in [0.29, 0.717) is 47.8 Å². The van der Waals surface area contributed by atoms with Gasteiger partial charge in [0.05, 0.1) is 30.0 Å². The molecule has 0 unspecified atom stereocenters. The first-order chi connectivity index (χ1) is 25.8. The fourth-order valence-electron chi connectivity index (χ4n) is 12.0. The van der Waals surface area contributed by atoms with Gasteiger partial charge in [-0.1, -0.05) is 84.0 Å². The maximum Gasteiger partial charge on any atom is 0.369 e. The summed E-state index contributed by atoms with van der Waals surface area (Å²) in [6.07, 6.45) is 16.6. The first-order valence-electron chi connectivity index (χ1n) is 20.1. The number of aromatic nitrogens is 3. The van der Waals surface area contributed by atoms with Crippen LogP contribution in [0.1, 0.15) is 102 Å². The largest absolute Gasteiger partial charge is 0.497 e. The summed E-state index contributed by atoms with van der Waals surface area (Å²) in [6.45, 7) is 14.0. The van der Waals surface area contributed by atoms with Gasteiger partial charge in [0.2, 0.25) is 0 Å². The molecule has 54 heavy (non-hydrogen) atoms. The van der Waals surface area contributed by atoms with Gasteiger partial charge in [-0.15, -0.1) is 4.68 Å². The van der Waals surface area contributed by atoms with Crippen molar-refractivity contribution in [2.24, 2.45) is 51.4 Å². The summed E-state index contributed by atoms with van der Waals surface area (Å²) < 4.78 is 16.2. The van der Waals surface area contributed by atoms with Crippen LogP contribution in [0, 0.1) is 46.3 Å². The number of hydrogen-bond donors (Lipinski definition) is 0. The molecule has 9 heteroatoms. The van der Waals surface area contributed by atoms with Crippen molar-refractivity contribution < 1.29 is 14.3 Å². The van der Waals surface area contributed by atoms with Crippen LogP contribution in [0.2, 0.25) is 0 Å². The number of hydrogen-bond acceptors (Lipinski definition) is 6. The predicted octanol–water partition coefficient (Wildman–Crippen LogP) is 8.02. The zero-order valence-corrected chi connectivity index (χ0v) is 32.9. The molecule has 9 rings (SSSR count). The Morgan fingerprint density at radius 1 is 0.852 bits per heavy atom. The number of carbonyl (C=O) groups excluding carboxylic acids is 1.